The largest absolute Gasteiger partial charge is 0.493 e. The number of rotatable bonds is 8. The highest BCUT2D eigenvalue weighted by molar-refractivity contribution is 5.77. The molecule has 2 aromatic rings. The van der Waals surface area contributed by atoms with Gasteiger partial charge in [-0.1, -0.05) is 24.3 Å². The van der Waals surface area contributed by atoms with Gasteiger partial charge in [0.1, 0.15) is 0 Å². The number of anilines is 1. The second kappa shape index (κ2) is 10.9. The molecule has 2 heterocycles. The molecule has 0 saturated carbocycles. The van der Waals surface area contributed by atoms with E-state index in [4.69, 9.17) is 9.47 Å². The van der Waals surface area contributed by atoms with Crippen LogP contribution in [0.1, 0.15) is 23.6 Å². The molecule has 0 radical (unpaired) electrons. The van der Waals surface area contributed by atoms with Crippen molar-refractivity contribution in [1.29, 1.82) is 0 Å². The van der Waals surface area contributed by atoms with E-state index in [-0.39, 0.29) is 18.6 Å². The molecule has 1 N–H and O–H groups in total. The van der Waals surface area contributed by atoms with Crippen LogP contribution in [0.2, 0.25) is 0 Å². The van der Waals surface area contributed by atoms with E-state index in [9.17, 15) is 4.79 Å². The Labute approximate surface area is 197 Å². The van der Waals surface area contributed by atoms with Gasteiger partial charge in [-0.3, -0.25) is 9.69 Å². The highest BCUT2D eigenvalue weighted by Crippen LogP contribution is 2.31. The van der Waals surface area contributed by atoms with Crippen molar-refractivity contribution in [3.05, 3.63) is 53.6 Å². The number of likely N-dealkylation sites (N-methyl/N-ethyl adjacent to an activating group) is 1. The van der Waals surface area contributed by atoms with E-state index >= 15 is 0 Å². The van der Waals surface area contributed by atoms with Crippen LogP contribution in [-0.2, 0) is 11.2 Å². The van der Waals surface area contributed by atoms with Crippen molar-refractivity contribution in [2.45, 2.75) is 18.9 Å². The number of methoxy groups -OCH3 is 1. The van der Waals surface area contributed by atoms with Crippen LogP contribution in [0.25, 0.3) is 0 Å². The van der Waals surface area contributed by atoms with E-state index in [0.717, 1.165) is 39.1 Å². The predicted octanol–water partition coefficient (Wildman–Crippen LogP) is 2.56. The lowest BCUT2D eigenvalue weighted by molar-refractivity contribution is -0.123. The first-order valence-electron chi connectivity index (χ1n) is 11.8. The maximum Gasteiger partial charge on any atom is 0.258 e. The minimum atomic E-state index is -0.127. The Morgan fingerprint density at radius 2 is 1.79 bits per heavy atom. The van der Waals surface area contributed by atoms with Crippen LogP contribution in [0.15, 0.2) is 42.5 Å². The minimum Gasteiger partial charge on any atom is -0.493 e. The van der Waals surface area contributed by atoms with Crippen molar-refractivity contribution in [2.24, 2.45) is 0 Å². The van der Waals surface area contributed by atoms with E-state index in [1.165, 1.54) is 23.2 Å². The summed E-state index contributed by atoms with van der Waals surface area (Å²) in [5.74, 6) is 1.07. The van der Waals surface area contributed by atoms with Gasteiger partial charge in [-0.2, -0.15) is 0 Å². The number of carbonyl (C=O) groups excluding carboxylic acids is 1. The molecule has 0 bridgehead atoms. The van der Waals surface area contributed by atoms with Gasteiger partial charge < -0.3 is 24.6 Å². The van der Waals surface area contributed by atoms with Crippen molar-refractivity contribution in [1.82, 2.24) is 15.1 Å². The third-order valence-electron chi connectivity index (χ3n) is 6.74. The van der Waals surface area contributed by atoms with E-state index in [0.29, 0.717) is 18.0 Å². The van der Waals surface area contributed by atoms with E-state index in [1.54, 1.807) is 7.11 Å². The van der Waals surface area contributed by atoms with Gasteiger partial charge in [0.2, 0.25) is 0 Å². The van der Waals surface area contributed by atoms with Crippen LogP contribution >= 0.6 is 0 Å². The summed E-state index contributed by atoms with van der Waals surface area (Å²) in [6.45, 7) is 5.69. The van der Waals surface area contributed by atoms with Gasteiger partial charge in [-0.15, -0.1) is 0 Å². The minimum absolute atomic E-state index is 0.0369. The zero-order valence-corrected chi connectivity index (χ0v) is 20.0. The lowest BCUT2D eigenvalue weighted by Crippen LogP contribution is -2.48. The molecule has 2 aromatic carbocycles. The van der Waals surface area contributed by atoms with Crippen LogP contribution < -0.4 is 19.7 Å². The molecular weight excluding hydrogens is 416 g/mol. The summed E-state index contributed by atoms with van der Waals surface area (Å²) in [4.78, 5) is 19.8. The highest BCUT2D eigenvalue weighted by atomic mass is 16.5. The molecule has 1 fully saturated rings. The quantitative estimate of drug-likeness (QED) is 0.665. The Kier molecular flexibility index (Phi) is 7.73. The molecule has 1 amide bonds. The zero-order chi connectivity index (χ0) is 23.2. The molecule has 4 rings (SSSR count). The van der Waals surface area contributed by atoms with Crippen molar-refractivity contribution < 1.29 is 14.3 Å². The molecule has 0 spiro atoms. The Balaban J connectivity index is 1.43. The molecule has 33 heavy (non-hydrogen) atoms. The summed E-state index contributed by atoms with van der Waals surface area (Å²) < 4.78 is 11.0. The molecule has 7 heteroatoms. The average molecular weight is 453 g/mol. The smallest absolute Gasteiger partial charge is 0.258 e. The monoisotopic (exact) mass is 452 g/mol. The normalized spacial score (nSPS) is 17.8. The Morgan fingerprint density at radius 1 is 1.03 bits per heavy atom. The molecule has 2 aliphatic heterocycles. The van der Waals surface area contributed by atoms with Gasteiger partial charge in [0.05, 0.1) is 13.2 Å². The number of amides is 1. The molecule has 0 aliphatic carbocycles. The summed E-state index contributed by atoms with van der Waals surface area (Å²) in [5.41, 5.74) is 4.02. The number of aryl methyl sites for hydroxylation is 1. The Morgan fingerprint density at radius 3 is 2.55 bits per heavy atom. The standard InChI is InChI=1S/C26H36N4O3/c1-28-13-15-30(16-14-28)23(21-10-11-22-20(17-21)7-6-12-29(22)2)18-27-26(31)19-33-25-9-5-4-8-24(25)32-3/h4-5,8-11,17,23H,6-7,12-16,18-19H2,1-3H3,(H,27,31)/t23-/m0/s1. The number of piperazine rings is 1. The molecule has 0 unspecified atom stereocenters. The third kappa shape index (κ3) is 5.78. The van der Waals surface area contributed by atoms with Crippen LogP contribution in [0.3, 0.4) is 0 Å². The summed E-state index contributed by atoms with van der Waals surface area (Å²) in [7, 11) is 5.93. The Hall–Kier alpha value is -2.77. The fourth-order valence-electron chi connectivity index (χ4n) is 4.75. The number of para-hydroxylation sites is 2. The maximum atomic E-state index is 12.7. The van der Waals surface area contributed by atoms with Gasteiger partial charge in [0, 0.05) is 52.0 Å². The number of hydrogen-bond acceptors (Lipinski definition) is 6. The summed E-state index contributed by atoms with van der Waals surface area (Å²) in [6.07, 6.45) is 2.30. The fraction of sp³-hybridized carbons (Fsp3) is 0.500. The lowest BCUT2D eigenvalue weighted by Gasteiger charge is -2.39. The lowest BCUT2D eigenvalue weighted by atomic mass is 9.95. The molecule has 0 aromatic heterocycles. The number of fused-ring (bicyclic) bond motifs is 1. The molecule has 1 atom stereocenters. The van der Waals surface area contributed by atoms with Crippen molar-refractivity contribution in [3.8, 4) is 11.5 Å². The highest BCUT2D eigenvalue weighted by Gasteiger charge is 2.26. The van der Waals surface area contributed by atoms with Crippen LogP contribution in [0, 0.1) is 0 Å². The third-order valence-corrected chi connectivity index (χ3v) is 6.74. The van der Waals surface area contributed by atoms with Crippen LogP contribution in [0.4, 0.5) is 5.69 Å². The fourth-order valence-corrected chi connectivity index (χ4v) is 4.75. The molecule has 2 aliphatic rings. The number of nitrogens with zero attached hydrogens (tertiary/aromatic N) is 3. The SMILES string of the molecule is COc1ccccc1OCC(=O)NC[C@@H](c1ccc2c(c1)CCCN2C)N1CCN(C)CC1. The topological polar surface area (TPSA) is 57.3 Å². The predicted molar refractivity (Wildman–Crippen MR) is 131 cm³/mol. The molecule has 7 nitrogen and oxygen atoms in total. The summed E-state index contributed by atoms with van der Waals surface area (Å²) in [5, 5.41) is 3.12. The molecule has 1 saturated heterocycles. The van der Waals surface area contributed by atoms with Gasteiger partial charge in [0.25, 0.3) is 5.91 Å². The first-order chi connectivity index (χ1) is 16.0. The van der Waals surface area contributed by atoms with Crippen molar-refractivity contribution >= 4 is 11.6 Å². The summed E-state index contributed by atoms with van der Waals surface area (Å²) >= 11 is 0. The van der Waals surface area contributed by atoms with E-state index in [1.807, 2.05) is 24.3 Å². The number of benzene rings is 2. The van der Waals surface area contributed by atoms with Gasteiger partial charge in [0.15, 0.2) is 18.1 Å². The average Bonchev–Trinajstić information content (AvgIpc) is 2.84. The molecular formula is C26H36N4O3. The van der Waals surface area contributed by atoms with Gasteiger partial charge >= 0.3 is 0 Å². The number of carbonyl (C=O) groups is 1. The zero-order valence-electron chi connectivity index (χ0n) is 20.0. The number of nitrogens with one attached hydrogen (secondary N) is 1. The summed E-state index contributed by atoms with van der Waals surface area (Å²) in [6, 6.07) is 14.4. The van der Waals surface area contributed by atoms with Crippen LogP contribution in [0.5, 0.6) is 11.5 Å². The van der Waals surface area contributed by atoms with Gasteiger partial charge in [-0.25, -0.2) is 0 Å². The first-order valence-corrected chi connectivity index (χ1v) is 11.8. The number of ether oxygens (including phenoxy) is 2. The second-order valence-corrected chi connectivity index (χ2v) is 9.01. The van der Waals surface area contributed by atoms with Crippen molar-refractivity contribution in [2.75, 3.05) is 72.0 Å². The van der Waals surface area contributed by atoms with Crippen molar-refractivity contribution in [3.63, 3.8) is 0 Å². The number of hydrogen-bond donors (Lipinski definition) is 1. The first kappa shape index (κ1) is 23.4. The molecule has 178 valence electrons. The van der Waals surface area contributed by atoms with Crippen LogP contribution in [-0.4, -0.2) is 82.8 Å². The maximum absolute atomic E-state index is 12.7. The van der Waals surface area contributed by atoms with Gasteiger partial charge in [-0.05, 0) is 49.2 Å². The Bertz CT molecular complexity index is 943. The second-order valence-electron chi connectivity index (χ2n) is 9.01. The van der Waals surface area contributed by atoms with E-state index in [2.05, 4.69) is 52.3 Å². The van der Waals surface area contributed by atoms with E-state index < -0.39 is 0 Å².